The third-order valence-electron chi connectivity index (χ3n) is 4.41. The molecular formula is C18H18N4O6S2. The maximum Gasteiger partial charge on any atom is 0.269 e. The number of carbonyl (C=O) groups is 2. The molecule has 0 aliphatic carbocycles. The van der Waals surface area contributed by atoms with E-state index in [9.17, 15) is 28.1 Å². The van der Waals surface area contributed by atoms with Crippen molar-refractivity contribution in [2.75, 3.05) is 12.3 Å². The second-order valence-corrected chi connectivity index (χ2v) is 9.35. The first kappa shape index (κ1) is 21.7. The Morgan fingerprint density at radius 3 is 2.50 bits per heavy atom. The highest BCUT2D eigenvalue weighted by atomic mass is 32.2. The van der Waals surface area contributed by atoms with Crippen molar-refractivity contribution < 1.29 is 22.9 Å². The number of rotatable bonds is 6. The molecule has 0 bridgehead atoms. The highest BCUT2D eigenvalue weighted by molar-refractivity contribution is 8.00. The minimum absolute atomic E-state index is 0.0714. The number of nitrogens with zero attached hydrogens (tertiary/aromatic N) is 2. The largest absolute Gasteiger partial charge is 0.368 e. The summed E-state index contributed by atoms with van der Waals surface area (Å²) in [5.41, 5.74) is 5.42. The van der Waals surface area contributed by atoms with Gasteiger partial charge < -0.3 is 11.1 Å². The molecule has 2 amide bonds. The fourth-order valence-electron chi connectivity index (χ4n) is 2.92. The van der Waals surface area contributed by atoms with E-state index in [1.807, 2.05) is 0 Å². The van der Waals surface area contributed by atoms with Gasteiger partial charge in [-0.25, -0.2) is 8.42 Å². The molecule has 0 saturated heterocycles. The predicted molar refractivity (Wildman–Crippen MR) is 109 cm³/mol. The fourth-order valence-corrected chi connectivity index (χ4v) is 6.22. The lowest BCUT2D eigenvalue weighted by molar-refractivity contribution is -0.384. The van der Waals surface area contributed by atoms with E-state index in [-0.39, 0.29) is 22.9 Å². The molecule has 0 fully saturated rings. The number of fused-ring (bicyclic) bond motifs is 1. The van der Waals surface area contributed by atoms with Gasteiger partial charge in [-0.15, -0.1) is 11.8 Å². The molecule has 3 N–H and O–H groups in total. The third kappa shape index (κ3) is 4.61. The molecule has 1 aliphatic rings. The number of thioether (sulfide) groups is 1. The minimum Gasteiger partial charge on any atom is -0.368 e. The van der Waals surface area contributed by atoms with Gasteiger partial charge in [-0.1, -0.05) is 24.3 Å². The van der Waals surface area contributed by atoms with Gasteiger partial charge in [0.15, 0.2) is 0 Å². The maximum absolute atomic E-state index is 13.4. The summed E-state index contributed by atoms with van der Waals surface area (Å²) < 4.78 is 27.8. The summed E-state index contributed by atoms with van der Waals surface area (Å²) in [7, 11) is -4.08. The molecule has 0 spiro atoms. The molecule has 12 heteroatoms. The number of amides is 2. The SMILES string of the molecule is NC(=O)CNC(=O)[C@@H]1CSc2ccccc2S(=O)(=O)N1Cc1ccc([N+](=O)[O-])cc1. The van der Waals surface area contributed by atoms with Crippen molar-refractivity contribution in [2.24, 2.45) is 5.73 Å². The average Bonchev–Trinajstić information content (AvgIpc) is 2.82. The number of non-ortho nitro benzene ring substituents is 1. The molecule has 1 atom stereocenters. The molecule has 1 heterocycles. The summed E-state index contributed by atoms with van der Waals surface area (Å²) in [4.78, 5) is 34.6. The Bertz CT molecular complexity index is 1090. The van der Waals surface area contributed by atoms with Crippen LogP contribution >= 0.6 is 11.8 Å². The summed E-state index contributed by atoms with van der Waals surface area (Å²) in [5.74, 6) is -1.29. The molecule has 0 radical (unpaired) electrons. The van der Waals surface area contributed by atoms with Gasteiger partial charge in [-0.2, -0.15) is 4.31 Å². The minimum atomic E-state index is -4.08. The van der Waals surface area contributed by atoms with Crippen molar-refractivity contribution in [1.29, 1.82) is 0 Å². The molecule has 2 aromatic rings. The molecule has 10 nitrogen and oxygen atoms in total. The molecule has 158 valence electrons. The summed E-state index contributed by atoms with van der Waals surface area (Å²) in [6.07, 6.45) is 0. The quantitative estimate of drug-likeness (QED) is 0.489. The Morgan fingerprint density at radius 2 is 1.87 bits per heavy atom. The van der Waals surface area contributed by atoms with Crippen LogP contribution in [-0.2, 0) is 26.2 Å². The van der Waals surface area contributed by atoms with E-state index >= 15 is 0 Å². The van der Waals surface area contributed by atoms with Crippen molar-refractivity contribution in [3.63, 3.8) is 0 Å². The van der Waals surface area contributed by atoms with Gasteiger partial charge in [-0.05, 0) is 17.7 Å². The van der Waals surface area contributed by atoms with Gasteiger partial charge in [0.1, 0.15) is 6.04 Å². The second-order valence-electron chi connectivity index (χ2n) is 6.43. The van der Waals surface area contributed by atoms with Gasteiger partial charge in [0.05, 0.1) is 16.4 Å². The van der Waals surface area contributed by atoms with E-state index in [1.165, 1.54) is 42.1 Å². The monoisotopic (exact) mass is 450 g/mol. The van der Waals surface area contributed by atoms with Gasteiger partial charge in [0.2, 0.25) is 21.8 Å². The van der Waals surface area contributed by atoms with Crippen LogP contribution in [0.5, 0.6) is 0 Å². The lowest BCUT2D eigenvalue weighted by atomic mass is 10.2. The highest BCUT2D eigenvalue weighted by Gasteiger charge is 2.39. The summed E-state index contributed by atoms with van der Waals surface area (Å²) >= 11 is 1.22. The summed E-state index contributed by atoms with van der Waals surface area (Å²) in [6.45, 7) is -0.595. The van der Waals surface area contributed by atoms with Crippen LogP contribution in [0.2, 0.25) is 0 Å². The van der Waals surface area contributed by atoms with E-state index in [4.69, 9.17) is 5.73 Å². The normalized spacial score (nSPS) is 18.1. The van der Waals surface area contributed by atoms with Crippen LogP contribution in [0.4, 0.5) is 5.69 Å². The van der Waals surface area contributed by atoms with E-state index in [0.717, 1.165) is 4.31 Å². The first-order chi connectivity index (χ1) is 14.2. The van der Waals surface area contributed by atoms with Crippen molar-refractivity contribution >= 4 is 39.3 Å². The topological polar surface area (TPSA) is 153 Å². The number of hydrogen-bond donors (Lipinski definition) is 2. The first-order valence-electron chi connectivity index (χ1n) is 8.73. The smallest absolute Gasteiger partial charge is 0.269 e. The molecule has 0 aromatic heterocycles. The number of nitro benzene ring substituents is 1. The zero-order valence-corrected chi connectivity index (χ0v) is 17.2. The van der Waals surface area contributed by atoms with Crippen molar-refractivity contribution in [2.45, 2.75) is 22.4 Å². The number of benzene rings is 2. The Balaban J connectivity index is 2.00. The zero-order chi connectivity index (χ0) is 21.9. The Labute approximate surface area is 176 Å². The number of carbonyl (C=O) groups excluding carboxylic acids is 2. The summed E-state index contributed by atoms with van der Waals surface area (Å²) in [5, 5.41) is 13.2. The first-order valence-corrected chi connectivity index (χ1v) is 11.2. The van der Waals surface area contributed by atoms with Crippen LogP contribution in [0.1, 0.15) is 5.56 Å². The Kier molecular flexibility index (Phi) is 6.39. The number of primary amides is 1. The van der Waals surface area contributed by atoms with E-state index in [0.29, 0.717) is 10.5 Å². The van der Waals surface area contributed by atoms with Gasteiger partial charge in [0.25, 0.3) is 5.69 Å². The number of nitro groups is 1. The number of hydrogen-bond acceptors (Lipinski definition) is 7. The Hall–Kier alpha value is -2.96. The number of nitrogens with two attached hydrogens (primary N) is 1. The molecule has 1 aliphatic heterocycles. The molecule has 0 unspecified atom stereocenters. The van der Waals surface area contributed by atoms with Crippen LogP contribution in [0.25, 0.3) is 0 Å². The van der Waals surface area contributed by atoms with Crippen molar-refractivity contribution in [3.8, 4) is 0 Å². The average molecular weight is 450 g/mol. The maximum atomic E-state index is 13.4. The van der Waals surface area contributed by atoms with E-state index < -0.39 is 39.3 Å². The van der Waals surface area contributed by atoms with Crippen LogP contribution in [0.15, 0.2) is 58.3 Å². The Morgan fingerprint density at radius 1 is 1.20 bits per heavy atom. The van der Waals surface area contributed by atoms with Crippen LogP contribution in [0, 0.1) is 10.1 Å². The van der Waals surface area contributed by atoms with Crippen molar-refractivity contribution in [1.82, 2.24) is 9.62 Å². The number of sulfonamides is 1. The van der Waals surface area contributed by atoms with Gasteiger partial charge in [-0.3, -0.25) is 19.7 Å². The standard InChI is InChI=1S/C18H18N4O6S2/c19-17(23)9-20-18(24)14-11-29-15-3-1-2-4-16(15)30(27,28)21(14)10-12-5-7-13(8-6-12)22(25)26/h1-8,14H,9-11H2,(H2,19,23)(H,20,24)/t14-/m0/s1. The molecule has 2 aromatic carbocycles. The number of nitrogens with one attached hydrogen (secondary N) is 1. The predicted octanol–water partition coefficient (Wildman–Crippen LogP) is 0.862. The third-order valence-corrected chi connectivity index (χ3v) is 7.60. The zero-order valence-electron chi connectivity index (χ0n) is 15.6. The molecular weight excluding hydrogens is 432 g/mol. The fraction of sp³-hybridized carbons (Fsp3) is 0.222. The van der Waals surface area contributed by atoms with Gasteiger partial charge in [0, 0.05) is 29.3 Å². The van der Waals surface area contributed by atoms with Crippen LogP contribution in [0.3, 0.4) is 0 Å². The lowest BCUT2D eigenvalue weighted by Gasteiger charge is -2.27. The molecule has 3 rings (SSSR count). The lowest BCUT2D eigenvalue weighted by Crippen LogP contribution is -2.51. The molecule has 30 heavy (non-hydrogen) atoms. The second kappa shape index (κ2) is 8.81. The van der Waals surface area contributed by atoms with Crippen LogP contribution in [-0.4, -0.2) is 47.8 Å². The summed E-state index contributed by atoms with van der Waals surface area (Å²) in [6, 6.07) is 10.7. The molecule has 0 saturated carbocycles. The van der Waals surface area contributed by atoms with Crippen LogP contribution < -0.4 is 11.1 Å². The highest BCUT2D eigenvalue weighted by Crippen LogP contribution is 2.35. The van der Waals surface area contributed by atoms with Crippen molar-refractivity contribution in [3.05, 3.63) is 64.2 Å². The van der Waals surface area contributed by atoms with E-state index in [2.05, 4.69) is 5.32 Å². The van der Waals surface area contributed by atoms with E-state index in [1.54, 1.807) is 18.2 Å². The van der Waals surface area contributed by atoms with Gasteiger partial charge >= 0.3 is 0 Å².